The minimum atomic E-state index is -3.37. The Kier molecular flexibility index (Phi) is 4.47. The third-order valence-electron chi connectivity index (χ3n) is 3.75. The second-order valence-electron chi connectivity index (χ2n) is 7.10. The Morgan fingerprint density at radius 1 is 1.19 bits per heavy atom. The van der Waals surface area contributed by atoms with Crippen LogP contribution in [0.1, 0.15) is 12.5 Å². The molecule has 1 atom stereocenters. The average molecular weight is 324 g/mol. The fourth-order valence-electron chi connectivity index (χ4n) is 2.63. The predicted molar refractivity (Wildman–Crippen MR) is 90.5 cm³/mol. The molecule has 0 aromatic heterocycles. The summed E-state index contributed by atoms with van der Waals surface area (Å²) in [7, 11) is -4.69. The Hall–Kier alpha value is -0.913. The second kappa shape index (κ2) is 5.70. The van der Waals surface area contributed by atoms with E-state index in [-0.39, 0.29) is 0 Å². The van der Waals surface area contributed by atoms with Crippen LogP contribution in [0.4, 0.5) is 0 Å². The first-order chi connectivity index (χ1) is 9.59. The van der Waals surface area contributed by atoms with Gasteiger partial charge in [0.15, 0.2) is 0 Å². The van der Waals surface area contributed by atoms with E-state index in [1.165, 1.54) is 5.57 Å². The van der Waals surface area contributed by atoms with Gasteiger partial charge >= 0.3 is 0 Å². The largest absolute Gasteiger partial charge is 0.243 e. The molecule has 0 N–H and O–H groups in total. The van der Waals surface area contributed by atoms with E-state index in [9.17, 15) is 8.42 Å². The van der Waals surface area contributed by atoms with Crippen molar-refractivity contribution in [1.29, 1.82) is 0 Å². The SMILES string of the molecule is Cc1ccc(S(=O)(=O)N2C/C(=C\[Si](C)(C)C)C(C)C2)cc1. The third kappa shape index (κ3) is 3.84. The van der Waals surface area contributed by atoms with Crippen molar-refractivity contribution in [3.63, 3.8) is 0 Å². The molecule has 1 fully saturated rings. The molecule has 1 saturated heterocycles. The molecule has 1 unspecified atom stereocenters. The van der Waals surface area contributed by atoms with E-state index in [0.717, 1.165) is 5.56 Å². The van der Waals surface area contributed by atoms with Gasteiger partial charge in [-0.25, -0.2) is 8.42 Å². The highest BCUT2D eigenvalue weighted by molar-refractivity contribution is 7.89. The van der Waals surface area contributed by atoms with Gasteiger partial charge in [-0.3, -0.25) is 0 Å². The van der Waals surface area contributed by atoms with E-state index in [4.69, 9.17) is 0 Å². The first-order valence-electron chi connectivity index (χ1n) is 7.38. The molecule has 1 aliphatic rings. The Morgan fingerprint density at radius 2 is 1.76 bits per heavy atom. The summed E-state index contributed by atoms with van der Waals surface area (Å²) in [6, 6.07) is 7.11. The molecule has 1 heterocycles. The number of sulfonamides is 1. The third-order valence-corrected chi connectivity index (χ3v) is 6.81. The van der Waals surface area contributed by atoms with Gasteiger partial charge in [0, 0.05) is 13.1 Å². The number of rotatable bonds is 3. The van der Waals surface area contributed by atoms with Crippen LogP contribution in [0.15, 0.2) is 40.4 Å². The van der Waals surface area contributed by atoms with E-state index in [1.54, 1.807) is 16.4 Å². The lowest BCUT2D eigenvalue weighted by molar-refractivity contribution is 0.464. The maximum absolute atomic E-state index is 12.7. The molecule has 21 heavy (non-hydrogen) atoms. The lowest BCUT2D eigenvalue weighted by Crippen LogP contribution is -2.28. The molecule has 1 aliphatic heterocycles. The highest BCUT2D eigenvalue weighted by Gasteiger charge is 2.34. The van der Waals surface area contributed by atoms with Crippen molar-refractivity contribution < 1.29 is 8.42 Å². The van der Waals surface area contributed by atoms with Gasteiger partial charge in [0.25, 0.3) is 0 Å². The van der Waals surface area contributed by atoms with Crippen LogP contribution in [0.25, 0.3) is 0 Å². The Bertz CT molecular complexity index is 642. The van der Waals surface area contributed by atoms with Crippen molar-refractivity contribution in [3.05, 3.63) is 41.1 Å². The summed E-state index contributed by atoms with van der Waals surface area (Å²) in [6.45, 7) is 12.1. The number of benzene rings is 1. The summed E-state index contributed by atoms with van der Waals surface area (Å²) in [6.07, 6.45) is 0. The molecule has 1 aromatic carbocycles. The summed E-state index contributed by atoms with van der Waals surface area (Å²) in [5, 5.41) is 0. The van der Waals surface area contributed by atoms with E-state index in [2.05, 4.69) is 32.3 Å². The minimum absolute atomic E-state index is 0.317. The molecule has 0 aliphatic carbocycles. The van der Waals surface area contributed by atoms with Crippen LogP contribution in [0.2, 0.25) is 19.6 Å². The van der Waals surface area contributed by atoms with E-state index in [1.807, 2.05) is 19.1 Å². The van der Waals surface area contributed by atoms with Crippen LogP contribution in [-0.2, 0) is 10.0 Å². The minimum Gasteiger partial charge on any atom is -0.207 e. The topological polar surface area (TPSA) is 37.4 Å². The molecule has 0 bridgehead atoms. The monoisotopic (exact) mass is 323 g/mol. The van der Waals surface area contributed by atoms with Crippen LogP contribution >= 0.6 is 0 Å². The van der Waals surface area contributed by atoms with Crippen LogP contribution < -0.4 is 0 Å². The van der Waals surface area contributed by atoms with Crippen LogP contribution in [0.5, 0.6) is 0 Å². The van der Waals surface area contributed by atoms with Gasteiger partial charge in [-0.2, -0.15) is 4.31 Å². The van der Waals surface area contributed by atoms with E-state index < -0.39 is 18.1 Å². The molecule has 2 rings (SSSR count). The molecule has 0 spiro atoms. The van der Waals surface area contributed by atoms with Gasteiger partial charge < -0.3 is 0 Å². The van der Waals surface area contributed by atoms with Crippen molar-refractivity contribution in [2.24, 2.45) is 5.92 Å². The maximum Gasteiger partial charge on any atom is 0.243 e. The Balaban J connectivity index is 2.28. The number of nitrogens with zero attached hydrogens (tertiary/aromatic N) is 1. The first kappa shape index (κ1) is 16.5. The number of hydrogen-bond donors (Lipinski definition) is 0. The molecule has 3 nitrogen and oxygen atoms in total. The quantitative estimate of drug-likeness (QED) is 0.799. The molecular formula is C16H25NO2SSi. The van der Waals surface area contributed by atoms with Crippen LogP contribution in [0.3, 0.4) is 0 Å². The average Bonchev–Trinajstić information content (AvgIpc) is 2.70. The summed E-state index contributed by atoms with van der Waals surface area (Å²) in [4.78, 5) is 0.398. The zero-order chi connectivity index (χ0) is 15.8. The number of hydrogen-bond acceptors (Lipinski definition) is 2. The molecule has 116 valence electrons. The standard InChI is InChI=1S/C16H25NO2SSi/c1-13-6-8-16(9-7-13)20(18,19)17-10-14(2)15(11-17)12-21(3,4)5/h6-9,12,14H,10-11H2,1-5H3/b15-12+. The lowest BCUT2D eigenvalue weighted by Gasteiger charge is -2.16. The lowest BCUT2D eigenvalue weighted by atomic mass is 10.1. The zero-order valence-electron chi connectivity index (χ0n) is 13.6. The van der Waals surface area contributed by atoms with Crippen molar-refractivity contribution in [2.45, 2.75) is 38.4 Å². The maximum atomic E-state index is 12.7. The van der Waals surface area contributed by atoms with Gasteiger partial charge in [-0.05, 0) is 25.0 Å². The highest BCUT2D eigenvalue weighted by atomic mass is 32.2. The fraction of sp³-hybridized carbons (Fsp3) is 0.500. The van der Waals surface area contributed by atoms with Gasteiger partial charge in [0.05, 0.1) is 13.0 Å². The van der Waals surface area contributed by atoms with E-state index >= 15 is 0 Å². The number of aryl methyl sites for hydroxylation is 1. The van der Waals surface area contributed by atoms with Crippen molar-refractivity contribution in [2.75, 3.05) is 13.1 Å². The van der Waals surface area contributed by atoms with Gasteiger partial charge in [-0.1, -0.05) is 55.5 Å². The van der Waals surface area contributed by atoms with Crippen molar-refractivity contribution in [3.8, 4) is 0 Å². The normalized spacial score (nSPS) is 22.9. The Labute approximate surface area is 129 Å². The molecule has 5 heteroatoms. The van der Waals surface area contributed by atoms with Gasteiger partial charge in [0.2, 0.25) is 10.0 Å². The fourth-order valence-corrected chi connectivity index (χ4v) is 5.64. The Morgan fingerprint density at radius 3 is 2.29 bits per heavy atom. The second-order valence-corrected chi connectivity index (χ2v) is 14.1. The van der Waals surface area contributed by atoms with Gasteiger partial charge in [-0.15, -0.1) is 0 Å². The summed E-state index contributed by atoms with van der Waals surface area (Å²) >= 11 is 0. The summed E-state index contributed by atoms with van der Waals surface area (Å²) in [5.41, 5.74) is 4.70. The smallest absolute Gasteiger partial charge is 0.207 e. The van der Waals surface area contributed by atoms with Crippen molar-refractivity contribution in [1.82, 2.24) is 4.31 Å². The van der Waals surface area contributed by atoms with Crippen LogP contribution in [-0.4, -0.2) is 33.9 Å². The summed E-state index contributed by atoms with van der Waals surface area (Å²) < 4.78 is 27.0. The van der Waals surface area contributed by atoms with Crippen molar-refractivity contribution >= 4 is 18.1 Å². The first-order valence-corrected chi connectivity index (χ1v) is 12.4. The summed E-state index contributed by atoms with van der Waals surface area (Å²) in [5.74, 6) is 0.317. The predicted octanol–water partition coefficient (Wildman–Crippen LogP) is 3.44. The van der Waals surface area contributed by atoms with Gasteiger partial charge in [0.1, 0.15) is 0 Å². The zero-order valence-corrected chi connectivity index (χ0v) is 15.4. The highest BCUT2D eigenvalue weighted by Crippen LogP contribution is 2.29. The van der Waals surface area contributed by atoms with E-state index in [0.29, 0.717) is 23.9 Å². The molecule has 0 radical (unpaired) electrons. The molecule has 0 amide bonds. The molecule has 0 saturated carbocycles. The molecule has 1 aromatic rings. The van der Waals surface area contributed by atoms with Crippen LogP contribution in [0, 0.1) is 12.8 Å². The molecular weight excluding hydrogens is 298 g/mol.